The highest BCUT2D eigenvalue weighted by atomic mass is 19.1. The van der Waals surface area contributed by atoms with Crippen molar-refractivity contribution in [2.75, 3.05) is 0 Å². The zero-order valence-electron chi connectivity index (χ0n) is 7.97. The normalized spacial score (nSPS) is 10.5. The maximum absolute atomic E-state index is 13.4. The topological polar surface area (TPSA) is 26.0 Å². The van der Waals surface area contributed by atoms with Crippen LogP contribution >= 0.6 is 0 Å². The molecule has 0 heterocycles. The van der Waals surface area contributed by atoms with E-state index in [-0.39, 0.29) is 11.7 Å². The Labute approximate surface area is 78.1 Å². The van der Waals surface area contributed by atoms with Crippen LogP contribution in [0.1, 0.15) is 30.9 Å². The van der Waals surface area contributed by atoms with Crippen molar-refractivity contribution in [2.24, 2.45) is 5.73 Å². The fourth-order valence-electron chi connectivity index (χ4n) is 1.20. The van der Waals surface area contributed by atoms with Crippen molar-refractivity contribution in [3.05, 3.63) is 41.7 Å². The van der Waals surface area contributed by atoms with Crippen LogP contribution in [0.15, 0.2) is 24.8 Å². The van der Waals surface area contributed by atoms with Crippen molar-refractivity contribution in [1.29, 1.82) is 0 Å². The molecule has 0 spiro atoms. The third-order valence-corrected chi connectivity index (χ3v) is 1.99. The van der Waals surface area contributed by atoms with Crippen LogP contribution in [-0.4, -0.2) is 0 Å². The van der Waals surface area contributed by atoms with Gasteiger partial charge in [-0.3, -0.25) is 0 Å². The van der Waals surface area contributed by atoms with Gasteiger partial charge < -0.3 is 5.73 Å². The SMILES string of the molecule is C=C(N)c1ccc(C(C)C)c(F)c1. The van der Waals surface area contributed by atoms with Crippen LogP contribution in [0.2, 0.25) is 0 Å². The van der Waals surface area contributed by atoms with E-state index in [1.54, 1.807) is 12.1 Å². The van der Waals surface area contributed by atoms with Crippen LogP contribution in [0.25, 0.3) is 5.70 Å². The number of hydrogen-bond donors (Lipinski definition) is 1. The molecular weight excluding hydrogens is 165 g/mol. The zero-order valence-corrected chi connectivity index (χ0v) is 7.97. The molecule has 2 heteroatoms. The van der Waals surface area contributed by atoms with E-state index in [0.717, 1.165) is 0 Å². The predicted molar refractivity (Wildman–Crippen MR) is 53.7 cm³/mol. The van der Waals surface area contributed by atoms with E-state index in [4.69, 9.17) is 5.73 Å². The number of benzene rings is 1. The number of hydrogen-bond acceptors (Lipinski definition) is 1. The first-order chi connectivity index (χ1) is 6.02. The lowest BCUT2D eigenvalue weighted by Crippen LogP contribution is -1.98. The molecule has 0 atom stereocenters. The maximum atomic E-state index is 13.4. The molecule has 1 rings (SSSR count). The first-order valence-corrected chi connectivity index (χ1v) is 4.26. The summed E-state index contributed by atoms with van der Waals surface area (Å²) in [7, 11) is 0. The molecule has 1 aromatic rings. The first kappa shape index (κ1) is 9.78. The second kappa shape index (κ2) is 3.60. The second-order valence-corrected chi connectivity index (χ2v) is 3.42. The molecule has 1 aromatic carbocycles. The molecule has 0 radical (unpaired) electrons. The largest absolute Gasteiger partial charge is 0.399 e. The Morgan fingerprint density at radius 2 is 2.08 bits per heavy atom. The average molecular weight is 179 g/mol. The van der Waals surface area contributed by atoms with Gasteiger partial charge in [-0.25, -0.2) is 4.39 Å². The minimum atomic E-state index is -0.209. The van der Waals surface area contributed by atoms with Gasteiger partial charge >= 0.3 is 0 Å². The van der Waals surface area contributed by atoms with Gasteiger partial charge in [0.15, 0.2) is 0 Å². The summed E-state index contributed by atoms with van der Waals surface area (Å²) in [6, 6.07) is 4.98. The molecule has 0 bridgehead atoms. The Bertz CT molecular complexity index is 329. The monoisotopic (exact) mass is 179 g/mol. The van der Waals surface area contributed by atoms with Crippen molar-refractivity contribution < 1.29 is 4.39 Å². The van der Waals surface area contributed by atoms with E-state index in [0.29, 0.717) is 16.8 Å². The summed E-state index contributed by atoms with van der Waals surface area (Å²) in [4.78, 5) is 0. The van der Waals surface area contributed by atoms with Crippen LogP contribution in [-0.2, 0) is 0 Å². The van der Waals surface area contributed by atoms with Crippen LogP contribution < -0.4 is 5.73 Å². The molecular formula is C11H14FN. The summed E-state index contributed by atoms with van der Waals surface area (Å²) in [5.41, 5.74) is 7.21. The first-order valence-electron chi connectivity index (χ1n) is 4.26. The standard InChI is InChI=1S/C11H14FN/c1-7(2)10-5-4-9(8(3)13)6-11(10)12/h4-7H,3,13H2,1-2H3. The van der Waals surface area contributed by atoms with Crippen molar-refractivity contribution >= 4 is 5.70 Å². The summed E-state index contributed by atoms with van der Waals surface area (Å²) >= 11 is 0. The van der Waals surface area contributed by atoms with Crippen molar-refractivity contribution in [3.8, 4) is 0 Å². The molecule has 0 aromatic heterocycles. The van der Waals surface area contributed by atoms with Gasteiger partial charge in [0.05, 0.1) is 0 Å². The molecule has 0 unspecified atom stereocenters. The fourth-order valence-corrected chi connectivity index (χ4v) is 1.20. The van der Waals surface area contributed by atoms with E-state index < -0.39 is 0 Å². The number of rotatable bonds is 2. The smallest absolute Gasteiger partial charge is 0.127 e. The Morgan fingerprint density at radius 3 is 2.46 bits per heavy atom. The lowest BCUT2D eigenvalue weighted by Gasteiger charge is -2.08. The van der Waals surface area contributed by atoms with Crippen LogP contribution in [0.4, 0.5) is 4.39 Å². The van der Waals surface area contributed by atoms with Crippen molar-refractivity contribution in [2.45, 2.75) is 19.8 Å². The Hall–Kier alpha value is -1.31. The average Bonchev–Trinajstić information content (AvgIpc) is 2.03. The maximum Gasteiger partial charge on any atom is 0.127 e. The highest BCUT2D eigenvalue weighted by Crippen LogP contribution is 2.20. The molecule has 2 N–H and O–H groups in total. The van der Waals surface area contributed by atoms with Gasteiger partial charge in [-0.1, -0.05) is 32.6 Å². The number of halogens is 1. The quantitative estimate of drug-likeness (QED) is 0.742. The summed E-state index contributed by atoms with van der Waals surface area (Å²) in [5, 5.41) is 0. The third kappa shape index (κ3) is 2.08. The molecule has 0 saturated heterocycles. The van der Waals surface area contributed by atoms with E-state index >= 15 is 0 Å². The van der Waals surface area contributed by atoms with E-state index in [9.17, 15) is 4.39 Å². The van der Waals surface area contributed by atoms with Gasteiger partial charge in [-0.15, -0.1) is 0 Å². The highest BCUT2D eigenvalue weighted by molar-refractivity contribution is 5.60. The second-order valence-electron chi connectivity index (χ2n) is 3.42. The van der Waals surface area contributed by atoms with Crippen LogP contribution in [0, 0.1) is 5.82 Å². The zero-order chi connectivity index (χ0) is 10.0. The van der Waals surface area contributed by atoms with Crippen LogP contribution in [0.5, 0.6) is 0 Å². The Balaban J connectivity index is 3.13. The van der Waals surface area contributed by atoms with Crippen molar-refractivity contribution in [1.82, 2.24) is 0 Å². The molecule has 0 aliphatic carbocycles. The third-order valence-electron chi connectivity index (χ3n) is 1.99. The van der Waals surface area contributed by atoms with Crippen molar-refractivity contribution in [3.63, 3.8) is 0 Å². The van der Waals surface area contributed by atoms with Gasteiger partial charge in [-0.2, -0.15) is 0 Å². The van der Waals surface area contributed by atoms with E-state index in [1.165, 1.54) is 6.07 Å². The van der Waals surface area contributed by atoms with Gasteiger partial charge in [0.1, 0.15) is 5.82 Å². The van der Waals surface area contributed by atoms with Gasteiger partial charge in [-0.05, 0) is 23.1 Å². The van der Waals surface area contributed by atoms with E-state index in [2.05, 4.69) is 6.58 Å². The molecule has 0 aliphatic rings. The Morgan fingerprint density at radius 1 is 1.46 bits per heavy atom. The summed E-state index contributed by atoms with van der Waals surface area (Å²) in [5.74, 6) is -0.0146. The van der Waals surface area contributed by atoms with Gasteiger partial charge in [0, 0.05) is 5.70 Å². The lowest BCUT2D eigenvalue weighted by atomic mass is 10.0. The summed E-state index contributed by atoms with van der Waals surface area (Å²) in [6.45, 7) is 7.46. The highest BCUT2D eigenvalue weighted by Gasteiger charge is 2.07. The Kier molecular flexibility index (Phi) is 2.71. The van der Waals surface area contributed by atoms with Crippen LogP contribution in [0.3, 0.4) is 0 Å². The molecule has 70 valence electrons. The molecule has 0 amide bonds. The summed E-state index contributed by atoms with van der Waals surface area (Å²) in [6.07, 6.45) is 0. The minimum absolute atomic E-state index is 0.195. The van der Waals surface area contributed by atoms with Gasteiger partial charge in [0.25, 0.3) is 0 Å². The van der Waals surface area contributed by atoms with Gasteiger partial charge in [0.2, 0.25) is 0 Å². The summed E-state index contributed by atoms with van der Waals surface area (Å²) < 4.78 is 13.4. The molecule has 0 saturated carbocycles. The molecule has 1 nitrogen and oxygen atoms in total. The molecule has 0 fully saturated rings. The minimum Gasteiger partial charge on any atom is -0.399 e. The predicted octanol–water partition coefficient (Wildman–Crippen LogP) is 2.88. The lowest BCUT2D eigenvalue weighted by molar-refractivity contribution is 0.598. The fraction of sp³-hybridized carbons (Fsp3) is 0.273. The number of nitrogens with two attached hydrogens (primary N) is 1. The van der Waals surface area contributed by atoms with E-state index in [1.807, 2.05) is 13.8 Å². The molecule has 0 aliphatic heterocycles. The molecule has 13 heavy (non-hydrogen) atoms.